The number of benzene rings is 1. The lowest BCUT2D eigenvalue weighted by molar-refractivity contribution is 0.0959. The van der Waals surface area contributed by atoms with Gasteiger partial charge in [-0.15, -0.1) is 6.42 Å². The van der Waals surface area contributed by atoms with Crippen LogP contribution in [0.1, 0.15) is 40.2 Å². The summed E-state index contributed by atoms with van der Waals surface area (Å²) < 4.78 is 5.46. The van der Waals surface area contributed by atoms with Gasteiger partial charge < -0.3 is 9.73 Å². The molecule has 2 aromatic heterocycles. The van der Waals surface area contributed by atoms with E-state index in [0.717, 1.165) is 52.8 Å². The second-order valence-corrected chi connectivity index (χ2v) is 6.26. The number of amides is 1. The number of carbonyl (C=O) groups excluding carboxylic acids is 1. The minimum absolute atomic E-state index is 0.142. The van der Waals surface area contributed by atoms with Gasteiger partial charge in [0.25, 0.3) is 5.91 Å². The van der Waals surface area contributed by atoms with Gasteiger partial charge in [0.1, 0.15) is 5.76 Å². The van der Waals surface area contributed by atoms with Crippen LogP contribution in [0.15, 0.2) is 47.1 Å². The standard InChI is InChI=1S/C22H18N2O2/c1-2-12-23-22(25)20-17-9-3-4-11-19(17)24-21-15(7-5-10-18(20)21)14-16-8-6-13-26-16/h1,3-4,6,8-9,11,13-14H,5,7,10,12H2,(H,23,25)/b15-14-. The molecule has 0 saturated heterocycles. The summed E-state index contributed by atoms with van der Waals surface area (Å²) in [7, 11) is 0. The van der Waals surface area contributed by atoms with Gasteiger partial charge in [0.2, 0.25) is 0 Å². The highest BCUT2D eigenvalue weighted by Crippen LogP contribution is 2.36. The molecule has 0 fully saturated rings. The molecule has 0 bridgehead atoms. The van der Waals surface area contributed by atoms with E-state index in [-0.39, 0.29) is 12.5 Å². The summed E-state index contributed by atoms with van der Waals surface area (Å²) in [6.45, 7) is 0.208. The number of hydrogen-bond donors (Lipinski definition) is 1. The van der Waals surface area contributed by atoms with Crippen LogP contribution in [0.25, 0.3) is 22.6 Å². The molecule has 0 atom stereocenters. The molecule has 26 heavy (non-hydrogen) atoms. The van der Waals surface area contributed by atoms with Crippen LogP contribution in [0.4, 0.5) is 0 Å². The first-order valence-electron chi connectivity index (χ1n) is 8.65. The summed E-state index contributed by atoms with van der Waals surface area (Å²) in [5.74, 6) is 3.11. The number of furan rings is 1. The van der Waals surface area contributed by atoms with Gasteiger partial charge in [0.15, 0.2) is 0 Å². The number of terminal acetylenes is 1. The second kappa shape index (κ2) is 6.89. The van der Waals surface area contributed by atoms with Gasteiger partial charge in [0.05, 0.1) is 29.6 Å². The van der Waals surface area contributed by atoms with Gasteiger partial charge in [-0.05, 0) is 54.7 Å². The van der Waals surface area contributed by atoms with Crippen molar-refractivity contribution in [3.8, 4) is 12.3 Å². The normalized spacial score (nSPS) is 14.8. The molecule has 1 aliphatic rings. The molecular formula is C22H18N2O2. The fourth-order valence-corrected chi connectivity index (χ4v) is 3.50. The molecule has 1 N–H and O–H groups in total. The molecule has 0 saturated carbocycles. The summed E-state index contributed by atoms with van der Waals surface area (Å²) >= 11 is 0. The van der Waals surface area contributed by atoms with E-state index >= 15 is 0 Å². The minimum Gasteiger partial charge on any atom is -0.465 e. The zero-order valence-electron chi connectivity index (χ0n) is 14.3. The fraction of sp³-hybridized carbons (Fsp3) is 0.182. The first-order valence-corrected chi connectivity index (χ1v) is 8.65. The quantitative estimate of drug-likeness (QED) is 0.730. The van der Waals surface area contributed by atoms with Crippen LogP contribution in [0.2, 0.25) is 0 Å². The molecule has 1 aromatic carbocycles. The minimum atomic E-state index is -0.142. The highest BCUT2D eigenvalue weighted by atomic mass is 16.3. The number of aromatic nitrogens is 1. The molecule has 1 aliphatic carbocycles. The van der Waals surface area contributed by atoms with E-state index in [0.29, 0.717) is 5.56 Å². The van der Waals surface area contributed by atoms with Crippen LogP contribution in [-0.4, -0.2) is 17.4 Å². The van der Waals surface area contributed by atoms with Crippen molar-refractivity contribution >= 4 is 28.5 Å². The van der Waals surface area contributed by atoms with E-state index in [1.54, 1.807) is 6.26 Å². The number of carbonyl (C=O) groups is 1. The van der Waals surface area contributed by atoms with E-state index in [1.165, 1.54) is 0 Å². The van der Waals surface area contributed by atoms with Crippen molar-refractivity contribution in [2.24, 2.45) is 0 Å². The van der Waals surface area contributed by atoms with Gasteiger partial charge in [-0.3, -0.25) is 4.79 Å². The van der Waals surface area contributed by atoms with Crippen molar-refractivity contribution in [1.82, 2.24) is 10.3 Å². The third-order valence-corrected chi connectivity index (χ3v) is 4.61. The highest BCUT2D eigenvalue weighted by molar-refractivity contribution is 6.09. The second-order valence-electron chi connectivity index (χ2n) is 6.26. The lowest BCUT2D eigenvalue weighted by Gasteiger charge is -2.22. The van der Waals surface area contributed by atoms with Crippen molar-refractivity contribution in [2.45, 2.75) is 19.3 Å². The molecule has 4 nitrogen and oxygen atoms in total. The third kappa shape index (κ3) is 2.89. The monoisotopic (exact) mass is 342 g/mol. The van der Waals surface area contributed by atoms with E-state index in [9.17, 15) is 4.79 Å². The first kappa shape index (κ1) is 16.2. The molecule has 0 unspecified atom stereocenters. The molecule has 0 aliphatic heterocycles. The predicted octanol–water partition coefficient (Wildman–Crippen LogP) is 4.07. The Kier molecular flexibility index (Phi) is 4.28. The van der Waals surface area contributed by atoms with E-state index in [1.807, 2.05) is 42.5 Å². The van der Waals surface area contributed by atoms with E-state index in [2.05, 4.69) is 11.2 Å². The predicted molar refractivity (Wildman–Crippen MR) is 102 cm³/mol. The molecule has 0 radical (unpaired) electrons. The average molecular weight is 342 g/mol. The maximum absolute atomic E-state index is 12.8. The fourth-order valence-electron chi connectivity index (χ4n) is 3.50. The van der Waals surface area contributed by atoms with Crippen molar-refractivity contribution in [3.63, 3.8) is 0 Å². The summed E-state index contributed by atoms with van der Waals surface area (Å²) in [6, 6.07) is 11.5. The van der Waals surface area contributed by atoms with Crippen LogP contribution in [0.5, 0.6) is 0 Å². The Bertz CT molecular complexity index is 1040. The maximum atomic E-state index is 12.8. The van der Waals surface area contributed by atoms with Crippen LogP contribution >= 0.6 is 0 Å². The van der Waals surface area contributed by atoms with Gasteiger partial charge >= 0.3 is 0 Å². The number of nitrogens with zero attached hydrogens (tertiary/aromatic N) is 1. The van der Waals surface area contributed by atoms with Crippen molar-refractivity contribution in [1.29, 1.82) is 0 Å². The Morgan fingerprint density at radius 1 is 1.27 bits per heavy atom. The zero-order chi connectivity index (χ0) is 17.9. The molecule has 0 spiro atoms. The SMILES string of the molecule is C#CCNC(=O)c1c2c(nc3ccccc13)/C(=C\c1ccco1)CCC2. The number of allylic oxidation sites excluding steroid dienone is 1. The molecule has 3 aromatic rings. The van der Waals surface area contributed by atoms with Gasteiger partial charge in [0, 0.05) is 5.39 Å². The average Bonchev–Trinajstić information content (AvgIpc) is 3.18. The molecular weight excluding hydrogens is 324 g/mol. The molecule has 2 heterocycles. The summed E-state index contributed by atoms with van der Waals surface area (Å²) in [5, 5.41) is 3.67. The maximum Gasteiger partial charge on any atom is 0.253 e. The van der Waals surface area contributed by atoms with Crippen molar-refractivity contribution in [3.05, 3.63) is 65.2 Å². The largest absolute Gasteiger partial charge is 0.465 e. The lowest BCUT2D eigenvalue weighted by Crippen LogP contribution is -2.26. The lowest BCUT2D eigenvalue weighted by atomic mass is 9.86. The molecule has 4 rings (SSSR count). The van der Waals surface area contributed by atoms with Crippen LogP contribution in [0, 0.1) is 12.3 Å². The Labute approximate surface area is 151 Å². The van der Waals surface area contributed by atoms with Gasteiger partial charge in [-0.1, -0.05) is 24.1 Å². The number of hydrogen-bond acceptors (Lipinski definition) is 3. The van der Waals surface area contributed by atoms with E-state index < -0.39 is 0 Å². The molecule has 1 amide bonds. The molecule has 4 heteroatoms. The summed E-state index contributed by atoms with van der Waals surface area (Å²) in [6.07, 6.45) is 11.7. The van der Waals surface area contributed by atoms with Crippen molar-refractivity contribution in [2.75, 3.05) is 6.54 Å². The van der Waals surface area contributed by atoms with Crippen LogP contribution in [-0.2, 0) is 6.42 Å². The number of nitrogens with one attached hydrogen (secondary N) is 1. The first-order chi connectivity index (χ1) is 12.8. The van der Waals surface area contributed by atoms with Gasteiger partial charge in [-0.25, -0.2) is 4.98 Å². The number of fused-ring (bicyclic) bond motifs is 2. The molecule has 128 valence electrons. The number of para-hydroxylation sites is 1. The number of pyridine rings is 1. The smallest absolute Gasteiger partial charge is 0.253 e. The third-order valence-electron chi connectivity index (χ3n) is 4.61. The Hall–Kier alpha value is -3.32. The van der Waals surface area contributed by atoms with Crippen LogP contribution in [0.3, 0.4) is 0 Å². The Balaban J connectivity index is 1.93. The summed E-state index contributed by atoms with van der Waals surface area (Å²) in [4.78, 5) is 17.7. The highest BCUT2D eigenvalue weighted by Gasteiger charge is 2.25. The van der Waals surface area contributed by atoms with Gasteiger partial charge in [-0.2, -0.15) is 0 Å². The zero-order valence-corrected chi connectivity index (χ0v) is 14.3. The van der Waals surface area contributed by atoms with E-state index in [4.69, 9.17) is 15.8 Å². The topological polar surface area (TPSA) is 55.1 Å². The summed E-state index contributed by atoms with van der Waals surface area (Å²) in [5.41, 5.74) is 4.47. The Morgan fingerprint density at radius 2 is 2.15 bits per heavy atom. The number of rotatable bonds is 3. The van der Waals surface area contributed by atoms with Crippen LogP contribution < -0.4 is 5.32 Å². The van der Waals surface area contributed by atoms with Crippen molar-refractivity contribution < 1.29 is 9.21 Å². The Morgan fingerprint density at radius 3 is 2.96 bits per heavy atom.